The van der Waals surface area contributed by atoms with Crippen LogP contribution in [0.25, 0.3) is 22.2 Å². The van der Waals surface area contributed by atoms with E-state index in [0.717, 1.165) is 33.4 Å². The number of nitrogens with two attached hydrogens (primary N) is 1. The number of hydrogen-bond acceptors (Lipinski definition) is 4. The van der Waals surface area contributed by atoms with Gasteiger partial charge in [0, 0.05) is 24.3 Å². The zero-order valence-electron chi connectivity index (χ0n) is 19.1. The van der Waals surface area contributed by atoms with E-state index < -0.39 is 5.54 Å². The van der Waals surface area contributed by atoms with Gasteiger partial charge in [0.1, 0.15) is 0 Å². The van der Waals surface area contributed by atoms with Crippen LogP contribution < -0.4 is 16.4 Å². The largest absolute Gasteiger partial charge is 0.382 e. The van der Waals surface area contributed by atoms with Gasteiger partial charge in [-0.15, -0.1) is 0 Å². The van der Waals surface area contributed by atoms with E-state index in [1.165, 1.54) is 12.8 Å². The second kappa shape index (κ2) is 7.92. The van der Waals surface area contributed by atoms with Crippen LogP contribution >= 0.6 is 0 Å². The number of nitrogens with zero attached hydrogens (tertiary/aromatic N) is 3. The molecule has 1 aliphatic rings. The fourth-order valence-corrected chi connectivity index (χ4v) is 4.22. The molecule has 4 N–H and O–H groups in total. The molecule has 0 aliphatic heterocycles. The van der Waals surface area contributed by atoms with Crippen LogP contribution in [0, 0.1) is 0 Å². The molecular formula is C26H28N6O. The molecule has 2 amide bonds. The highest BCUT2D eigenvalue weighted by Gasteiger charge is 2.27. The molecule has 5 rings (SSSR count). The molecule has 0 saturated heterocycles. The number of rotatable bonds is 5. The molecule has 33 heavy (non-hydrogen) atoms. The number of carbonyl (C=O) groups is 1. The summed E-state index contributed by atoms with van der Waals surface area (Å²) in [6.45, 7) is 3.96. The van der Waals surface area contributed by atoms with Gasteiger partial charge in [-0.2, -0.15) is 5.10 Å². The van der Waals surface area contributed by atoms with Crippen molar-refractivity contribution >= 4 is 28.6 Å². The molecule has 7 nitrogen and oxygen atoms in total. The molecule has 0 atom stereocenters. The van der Waals surface area contributed by atoms with Crippen molar-refractivity contribution in [3.05, 3.63) is 71.9 Å². The quantitative estimate of drug-likeness (QED) is 0.400. The van der Waals surface area contributed by atoms with Crippen LogP contribution in [0.1, 0.15) is 43.9 Å². The van der Waals surface area contributed by atoms with Crippen molar-refractivity contribution in [2.75, 3.05) is 11.1 Å². The number of nitrogen functional groups attached to an aromatic ring is 1. The van der Waals surface area contributed by atoms with Crippen LogP contribution in [-0.2, 0) is 12.6 Å². The third-order valence-electron chi connectivity index (χ3n) is 6.21. The lowest BCUT2D eigenvalue weighted by atomic mass is 9.95. The molecule has 0 spiro atoms. The molecule has 1 saturated carbocycles. The maximum atomic E-state index is 12.6. The lowest BCUT2D eigenvalue weighted by molar-refractivity contribution is 0.242. The number of anilines is 2. The van der Waals surface area contributed by atoms with Crippen molar-refractivity contribution < 1.29 is 4.79 Å². The van der Waals surface area contributed by atoms with E-state index >= 15 is 0 Å². The van der Waals surface area contributed by atoms with Crippen molar-refractivity contribution in [2.24, 2.45) is 7.05 Å². The maximum Gasteiger partial charge on any atom is 0.319 e. The molecule has 7 heteroatoms. The number of nitrogens with one attached hydrogen (secondary N) is 2. The Hall–Kier alpha value is -3.87. The minimum Gasteiger partial charge on any atom is -0.382 e. The molecule has 168 valence electrons. The van der Waals surface area contributed by atoms with Crippen molar-refractivity contribution in [3.8, 4) is 11.1 Å². The Morgan fingerprint density at radius 2 is 1.79 bits per heavy atom. The third kappa shape index (κ3) is 4.14. The molecule has 1 aliphatic carbocycles. The highest BCUT2D eigenvalue weighted by molar-refractivity contribution is 6.00. The Bertz CT molecular complexity index is 1320. The zero-order valence-corrected chi connectivity index (χ0v) is 19.1. The molecule has 2 aromatic heterocycles. The van der Waals surface area contributed by atoms with Crippen LogP contribution in [-0.4, -0.2) is 20.8 Å². The van der Waals surface area contributed by atoms with E-state index in [4.69, 9.17) is 10.7 Å². The average Bonchev–Trinajstić information content (AvgIpc) is 3.60. The van der Waals surface area contributed by atoms with Crippen molar-refractivity contribution in [1.29, 1.82) is 0 Å². The van der Waals surface area contributed by atoms with Gasteiger partial charge >= 0.3 is 6.03 Å². The number of amides is 2. The molecule has 0 bridgehead atoms. The van der Waals surface area contributed by atoms with E-state index in [1.54, 1.807) is 4.68 Å². The first-order chi connectivity index (χ1) is 15.8. The summed E-state index contributed by atoms with van der Waals surface area (Å²) in [7, 11) is 1.87. The number of hydrogen-bond donors (Lipinski definition) is 3. The summed E-state index contributed by atoms with van der Waals surface area (Å²) in [5.41, 5.74) is 11.4. The van der Waals surface area contributed by atoms with Crippen LogP contribution in [0.2, 0.25) is 0 Å². The fraction of sp³-hybridized carbons (Fsp3) is 0.269. The van der Waals surface area contributed by atoms with Crippen LogP contribution in [0.3, 0.4) is 0 Å². The minimum atomic E-state index is -0.495. The number of carbonyl (C=O) groups excluding carboxylic acids is 1. The summed E-state index contributed by atoms with van der Waals surface area (Å²) in [5.74, 6) is 0.990. The van der Waals surface area contributed by atoms with Gasteiger partial charge in [-0.3, -0.25) is 0 Å². The lowest BCUT2D eigenvalue weighted by Gasteiger charge is -2.27. The lowest BCUT2D eigenvalue weighted by Crippen LogP contribution is -2.43. The van der Waals surface area contributed by atoms with E-state index in [2.05, 4.69) is 21.8 Å². The molecule has 0 radical (unpaired) electrons. The predicted octanol–water partition coefficient (Wildman–Crippen LogP) is 5.15. The molecule has 1 fully saturated rings. The van der Waals surface area contributed by atoms with Crippen molar-refractivity contribution in [3.63, 3.8) is 0 Å². The van der Waals surface area contributed by atoms with Gasteiger partial charge in [0.05, 0.1) is 10.9 Å². The number of benzene rings is 2. The Morgan fingerprint density at radius 1 is 1.09 bits per heavy atom. The van der Waals surface area contributed by atoms with E-state index in [0.29, 0.717) is 17.4 Å². The Labute approximate surface area is 193 Å². The molecule has 2 heterocycles. The van der Waals surface area contributed by atoms with E-state index in [9.17, 15) is 4.79 Å². The van der Waals surface area contributed by atoms with E-state index in [-0.39, 0.29) is 6.03 Å². The first-order valence-corrected chi connectivity index (χ1v) is 11.2. The highest BCUT2D eigenvalue weighted by Crippen LogP contribution is 2.42. The van der Waals surface area contributed by atoms with E-state index in [1.807, 2.05) is 75.5 Å². The van der Waals surface area contributed by atoms with Gasteiger partial charge in [-0.25, -0.2) is 14.5 Å². The minimum absolute atomic E-state index is 0.254. The third-order valence-corrected chi connectivity index (χ3v) is 6.21. The van der Waals surface area contributed by atoms with Gasteiger partial charge in [0.25, 0.3) is 0 Å². The first kappa shape index (κ1) is 21.0. The Kier molecular flexibility index (Phi) is 5.04. The highest BCUT2D eigenvalue weighted by atomic mass is 16.2. The standard InChI is InChI=1S/C26H28N6O/c1-26(2,18-7-5-4-6-8-18)30-25(33)28-19-13-11-16(12-14-19)20-15-21(17-9-10-17)29-24-22(20)23(27)31-32(24)3/h4-8,11-15,17H,9-10H2,1-3H3,(H2,27,31)(H2,28,30,33). The molecular weight excluding hydrogens is 412 g/mol. The Morgan fingerprint density at radius 3 is 2.45 bits per heavy atom. The van der Waals surface area contributed by atoms with Crippen molar-refractivity contribution in [1.82, 2.24) is 20.1 Å². The number of aryl methyl sites for hydroxylation is 1. The summed E-state index contributed by atoms with van der Waals surface area (Å²) < 4.78 is 1.74. The van der Waals surface area contributed by atoms with Gasteiger partial charge in [-0.1, -0.05) is 42.5 Å². The summed E-state index contributed by atoms with van der Waals surface area (Å²) >= 11 is 0. The first-order valence-electron chi connectivity index (χ1n) is 11.2. The predicted molar refractivity (Wildman–Crippen MR) is 132 cm³/mol. The number of fused-ring (bicyclic) bond motifs is 1. The van der Waals surface area contributed by atoms with Crippen LogP contribution in [0.4, 0.5) is 16.3 Å². The summed E-state index contributed by atoms with van der Waals surface area (Å²) in [4.78, 5) is 17.5. The Balaban J connectivity index is 1.38. The topological polar surface area (TPSA) is 97.9 Å². The smallest absolute Gasteiger partial charge is 0.319 e. The van der Waals surface area contributed by atoms with Crippen molar-refractivity contribution in [2.45, 2.75) is 38.1 Å². The SMILES string of the molecule is Cn1nc(N)c2c(-c3ccc(NC(=O)NC(C)(C)c4ccccc4)cc3)cc(C3CC3)nc21. The average molecular weight is 441 g/mol. The number of pyridine rings is 1. The number of urea groups is 1. The second-order valence-corrected chi connectivity index (χ2v) is 9.22. The van der Waals surface area contributed by atoms with Gasteiger partial charge in [0.15, 0.2) is 11.5 Å². The fourth-order valence-electron chi connectivity index (χ4n) is 4.22. The van der Waals surface area contributed by atoms with Gasteiger partial charge in [0.2, 0.25) is 0 Å². The summed E-state index contributed by atoms with van der Waals surface area (Å²) in [5, 5.41) is 11.2. The summed E-state index contributed by atoms with van der Waals surface area (Å²) in [6, 6.07) is 19.6. The maximum absolute atomic E-state index is 12.6. The normalized spacial score (nSPS) is 13.8. The second-order valence-electron chi connectivity index (χ2n) is 9.22. The van der Waals surface area contributed by atoms with Gasteiger partial charge < -0.3 is 16.4 Å². The number of aromatic nitrogens is 3. The molecule has 4 aromatic rings. The molecule has 0 unspecified atom stereocenters. The molecule has 2 aromatic carbocycles. The van der Waals surface area contributed by atoms with Crippen LogP contribution in [0.15, 0.2) is 60.7 Å². The summed E-state index contributed by atoms with van der Waals surface area (Å²) in [6.07, 6.45) is 2.34. The van der Waals surface area contributed by atoms with Crippen LogP contribution in [0.5, 0.6) is 0 Å². The van der Waals surface area contributed by atoms with Gasteiger partial charge in [-0.05, 0) is 61.6 Å². The zero-order chi connectivity index (χ0) is 23.2. The monoisotopic (exact) mass is 440 g/mol.